The summed E-state index contributed by atoms with van der Waals surface area (Å²) in [5.74, 6) is 0.817. The quantitative estimate of drug-likeness (QED) is 0.790. The Morgan fingerprint density at radius 3 is 2.80 bits per heavy atom. The van der Waals surface area contributed by atoms with Crippen molar-refractivity contribution in [1.29, 1.82) is 0 Å². The first-order valence-corrected chi connectivity index (χ1v) is 6.62. The Balaban J connectivity index is 0.00000200. The Bertz CT molecular complexity index is 576. The molecule has 20 heavy (non-hydrogen) atoms. The van der Waals surface area contributed by atoms with Crippen LogP contribution in [0.3, 0.4) is 0 Å². The van der Waals surface area contributed by atoms with E-state index in [4.69, 9.17) is 17.3 Å². The molecular weight excluding hydrogens is 296 g/mol. The van der Waals surface area contributed by atoms with Gasteiger partial charge in [0.25, 0.3) is 0 Å². The lowest BCUT2D eigenvalue weighted by Crippen LogP contribution is -2.24. The lowest BCUT2D eigenvalue weighted by molar-refractivity contribution is 0.268. The van der Waals surface area contributed by atoms with Crippen molar-refractivity contribution in [2.75, 3.05) is 17.7 Å². The summed E-state index contributed by atoms with van der Waals surface area (Å²) in [5.41, 5.74) is 6.39. The van der Waals surface area contributed by atoms with Crippen LogP contribution in [0, 0.1) is 0 Å². The number of fused-ring (bicyclic) bond motifs is 1. The number of aromatic nitrogens is 2. The van der Waals surface area contributed by atoms with Crippen molar-refractivity contribution in [2.24, 2.45) is 0 Å². The zero-order valence-electron chi connectivity index (χ0n) is 11.2. The van der Waals surface area contributed by atoms with E-state index >= 15 is 0 Å². The van der Waals surface area contributed by atoms with Crippen LogP contribution in [-0.4, -0.2) is 27.7 Å². The Morgan fingerprint density at radius 1 is 1.40 bits per heavy atom. The highest BCUT2D eigenvalue weighted by Crippen LogP contribution is 2.25. The molecule has 1 atom stereocenters. The third kappa shape index (κ3) is 3.88. The van der Waals surface area contributed by atoms with Gasteiger partial charge in [-0.25, -0.2) is 4.98 Å². The van der Waals surface area contributed by atoms with Crippen molar-refractivity contribution < 1.29 is 5.11 Å². The van der Waals surface area contributed by atoms with Gasteiger partial charge in [-0.2, -0.15) is 18.5 Å². The molecule has 0 radical (unpaired) electrons. The zero-order valence-corrected chi connectivity index (χ0v) is 13.0. The van der Waals surface area contributed by atoms with Crippen LogP contribution in [0.4, 0.5) is 11.8 Å². The minimum Gasteiger partial charge on any atom is -0.394 e. The topological polar surface area (TPSA) is 84.1 Å². The smallest absolute Gasteiger partial charge is 0.222 e. The Morgan fingerprint density at radius 2 is 2.15 bits per heavy atom. The van der Waals surface area contributed by atoms with E-state index in [-0.39, 0.29) is 32.1 Å². The number of rotatable bonds is 5. The van der Waals surface area contributed by atoms with Crippen LogP contribution in [0.5, 0.6) is 0 Å². The average Bonchev–Trinajstić information content (AvgIpc) is 2.37. The van der Waals surface area contributed by atoms with Crippen molar-refractivity contribution in [3.05, 3.63) is 23.2 Å². The predicted molar refractivity (Wildman–Crippen MR) is 88.7 cm³/mol. The predicted octanol–water partition coefficient (Wildman–Crippen LogP) is 2.55. The fourth-order valence-corrected chi connectivity index (χ4v) is 2.15. The highest BCUT2D eigenvalue weighted by atomic mass is 35.5. The normalized spacial score (nSPS) is 11.9. The molecular formula is C13H19ClN4OS. The van der Waals surface area contributed by atoms with Gasteiger partial charge in [-0.3, -0.25) is 0 Å². The molecule has 0 aliphatic heterocycles. The number of halogens is 1. The van der Waals surface area contributed by atoms with Gasteiger partial charge in [0, 0.05) is 10.4 Å². The third-order valence-electron chi connectivity index (χ3n) is 2.87. The van der Waals surface area contributed by atoms with Crippen LogP contribution in [0.1, 0.15) is 19.8 Å². The summed E-state index contributed by atoms with van der Waals surface area (Å²) in [5, 5.41) is 14.0. The van der Waals surface area contributed by atoms with Gasteiger partial charge in [-0.15, -0.1) is 0 Å². The second-order valence-electron chi connectivity index (χ2n) is 4.40. The number of benzene rings is 1. The van der Waals surface area contributed by atoms with Crippen LogP contribution >= 0.6 is 25.1 Å². The number of nitrogen functional groups attached to an aromatic ring is 1. The van der Waals surface area contributed by atoms with E-state index in [9.17, 15) is 5.11 Å². The monoisotopic (exact) mass is 314 g/mol. The maximum absolute atomic E-state index is 9.35. The van der Waals surface area contributed by atoms with Gasteiger partial charge in [-0.05, 0) is 24.6 Å². The molecule has 0 spiro atoms. The molecule has 1 aromatic carbocycles. The second-order valence-corrected chi connectivity index (χ2v) is 4.84. The van der Waals surface area contributed by atoms with Gasteiger partial charge in [-0.1, -0.05) is 24.9 Å². The number of nitrogens with two attached hydrogens (primary N) is 1. The molecule has 0 saturated carbocycles. The average molecular weight is 315 g/mol. The second kappa shape index (κ2) is 7.52. The van der Waals surface area contributed by atoms with Crippen molar-refractivity contribution in [1.82, 2.24) is 9.97 Å². The number of aliphatic hydroxyl groups is 1. The summed E-state index contributed by atoms with van der Waals surface area (Å²) < 4.78 is 0. The molecule has 0 aliphatic carbocycles. The maximum Gasteiger partial charge on any atom is 0.222 e. The van der Waals surface area contributed by atoms with E-state index < -0.39 is 0 Å². The molecule has 0 amide bonds. The summed E-state index contributed by atoms with van der Waals surface area (Å²) in [6.07, 6.45) is 1.83. The Labute approximate surface area is 130 Å². The number of hydrogen-bond acceptors (Lipinski definition) is 5. The standard InChI is InChI=1S/C13H17ClN4O.H2S/c1-2-3-9(7-19)16-12-10-5-4-8(14)6-11(10)17-13(15)18-12;/h4-6,9,19H,2-3,7H2,1H3,(H3,15,16,17,18);1H2/t9-;/m0./s1. The molecule has 110 valence electrons. The lowest BCUT2D eigenvalue weighted by Gasteiger charge is -2.17. The van der Waals surface area contributed by atoms with Crippen molar-refractivity contribution in [3.8, 4) is 0 Å². The summed E-state index contributed by atoms with van der Waals surface area (Å²) in [6.45, 7) is 2.11. The maximum atomic E-state index is 9.35. The summed E-state index contributed by atoms with van der Waals surface area (Å²) in [6, 6.07) is 5.33. The SMILES string of the molecule is CCC[C@@H](CO)Nc1nc(N)nc2cc(Cl)ccc12.S. The number of nitrogens with zero attached hydrogens (tertiary/aromatic N) is 2. The molecule has 0 fully saturated rings. The van der Waals surface area contributed by atoms with E-state index in [1.54, 1.807) is 12.1 Å². The van der Waals surface area contributed by atoms with Crippen LogP contribution in [0.2, 0.25) is 5.02 Å². The molecule has 2 rings (SSSR count). The zero-order chi connectivity index (χ0) is 13.8. The van der Waals surface area contributed by atoms with Crippen molar-refractivity contribution >= 4 is 47.8 Å². The molecule has 4 N–H and O–H groups in total. The van der Waals surface area contributed by atoms with E-state index in [1.807, 2.05) is 6.07 Å². The number of aliphatic hydroxyl groups excluding tert-OH is 1. The molecule has 0 bridgehead atoms. The highest BCUT2D eigenvalue weighted by Gasteiger charge is 2.11. The van der Waals surface area contributed by atoms with Crippen molar-refractivity contribution in [2.45, 2.75) is 25.8 Å². The van der Waals surface area contributed by atoms with Gasteiger partial charge in [0.2, 0.25) is 5.95 Å². The minimum absolute atomic E-state index is 0. The molecule has 2 aromatic rings. The highest BCUT2D eigenvalue weighted by molar-refractivity contribution is 7.59. The van der Waals surface area contributed by atoms with Crippen LogP contribution < -0.4 is 11.1 Å². The van der Waals surface area contributed by atoms with Gasteiger partial charge in [0.15, 0.2) is 0 Å². The summed E-state index contributed by atoms with van der Waals surface area (Å²) in [7, 11) is 0. The Kier molecular flexibility index (Phi) is 6.32. The molecule has 0 aliphatic rings. The number of hydrogen-bond donors (Lipinski definition) is 3. The van der Waals surface area contributed by atoms with E-state index in [1.165, 1.54) is 0 Å². The lowest BCUT2D eigenvalue weighted by atomic mass is 10.1. The fraction of sp³-hybridized carbons (Fsp3) is 0.385. The van der Waals surface area contributed by atoms with Gasteiger partial charge in [0.1, 0.15) is 5.82 Å². The first-order valence-electron chi connectivity index (χ1n) is 6.24. The first kappa shape index (κ1) is 16.8. The molecule has 0 saturated heterocycles. The van der Waals surface area contributed by atoms with Crippen molar-refractivity contribution in [3.63, 3.8) is 0 Å². The molecule has 0 unspecified atom stereocenters. The van der Waals surface area contributed by atoms with E-state index in [2.05, 4.69) is 22.2 Å². The largest absolute Gasteiger partial charge is 0.394 e. The number of anilines is 2. The molecule has 1 aromatic heterocycles. The van der Waals surface area contributed by atoms with E-state index in [0.717, 1.165) is 18.2 Å². The van der Waals surface area contributed by atoms with Crippen LogP contribution in [0.15, 0.2) is 18.2 Å². The van der Waals surface area contributed by atoms with Crippen LogP contribution in [0.25, 0.3) is 10.9 Å². The molecule has 5 nitrogen and oxygen atoms in total. The summed E-state index contributed by atoms with van der Waals surface area (Å²) in [4.78, 5) is 8.36. The molecule has 7 heteroatoms. The number of nitrogens with one attached hydrogen (secondary N) is 1. The van der Waals surface area contributed by atoms with Crippen LogP contribution in [-0.2, 0) is 0 Å². The van der Waals surface area contributed by atoms with Gasteiger partial charge in [0.05, 0.1) is 18.2 Å². The third-order valence-corrected chi connectivity index (χ3v) is 3.11. The van der Waals surface area contributed by atoms with Gasteiger partial charge < -0.3 is 16.2 Å². The summed E-state index contributed by atoms with van der Waals surface area (Å²) >= 11 is 5.94. The fourth-order valence-electron chi connectivity index (χ4n) is 1.98. The first-order chi connectivity index (χ1) is 9.13. The molecule has 1 heterocycles. The minimum atomic E-state index is -0.0434. The Hall–Kier alpha value is -1.24. The van der Waals surface area contributed by atoms with Gasteiger partial charge >= 0.3 is 0 Å². The van der Waals surface area contributed by atoms with E-state index in [0.29, 0.717) is 16.4 Å².